The number of aromatic nitrogens is 1. The van der Waals surface area contributed by atoms with Gasteiger partial charge in [-0.05, 0) is 38.1 Å². The van der Waals surface area contributed by atoms with Gasteiger partial charge in [-0.25, -0.2) is 10.2 Å². The van der Waals surface area contributed by atoms with Crippen LogP contribution in [0.1, 0.15) is 24.2 Å². The first-order chi connectivity index (χ1) is 13.0. The maximum Gasteiger partial charge on any atom is 0.319 e. The van der Waals surface area contributed by atoms with E-state index in [1.165, 1.54) is 11.3 Å². The van der Waals surface area contributed by atoms with E-state index < -0.39 is 5.91 Å². The molecule has 1 aromatic heterocycles. The Morgan fingerprint density at radius 2 is 1.78 bits per heavy atom. The number of hydrogen-bond donors (Lipinski definition) is 3. The number of hydrogen-bond acceptors (Lipinski definition) is 4. The standard InChI is InChI=1S/C19H21N5O2S/c1-12(2)20-18(26)21-14-9-5-4-8-13(14)17(25)22-23-19-24(3)15-10-6-7-11-16(15)27-19/h4-12H,1-3H3,(H,22,25)(H2,20,21,26)/b23-19+. The fourth-order valence-electron chi connectivity index (χ4n) is 2.56. The van der Waals surface area contributed by atoms with Crippen LogP contribution >= 0.6 is 11.3 Å². The number of urea groups is 1. The topological polar surface area (TPSA) is 87.5 Å². The van der Waals surface area contributed by atoms with Crippen LogP contribution < -0.4 is 20.9 Å². The summed E-state index contributed by atoms with van der Waals surface area (Å²) in [6.45, 7) is 3.73. The number of amides is 3. The second-order valence-corrected chi connectivity index (χ2v) is 7.27. The molecule has 7 nitrogen and oxygen atoms in total. The summed E-state index contributed by atoms with van der Waals surface area (Å²) in [6.07, 6.45) is 0. The van der Waals surface area contributed by atoms with Crippen molar-refractivity contribution in [1.29, 1.82) is 0 Å². The van der Waals surface area contributed by atoms with E-state index in [1.54, 1.807) is 24.3 Å². The van der Waals surface area contributed by atoms with E-state index in [4.69, 9.17) is 0 Å². The molecule has 3 N–H and O–H groups in total. The zero-order valence-electron chi connectivity index (χ0n) is 15.3. The van der Waals surface area contributed by atoms with Gasteiger partial charge in [0.15, 0.2) is 0 Å². The van der Waals surface area contributed by atoms with Crippen LogP contribution in [0.5, 0.6) is 0 Å². The van der Waals surface area contributed by atoms with Crippen LogP contribution in [0.25, 0.3) is 10.2 Å². The number of carbonyl (C=O) groups excluding carboxylic acids is 2. The highest BCUT2D eigenvalue weighted by atomic mass is 32.1. The normalized spacial score (nSPS) is 11.6. The van der Waals surface area contributed by atoms with Crippen LogP contribution in [0.2, 0.25) is 0 Å². The second kappa shape index (κ2) is 8.05. The summed E-state index contributed by atoms with van der Waals surface area (Å²) in [5.41, 5.74) is 4.38. The van der Waals surface area contributed by atoms with Gasteiger partial charge in [0.1, 0.15) is 0 Å². The first-order valence-electron chi connectivity index (χ1n) is 8.51. The number of nitrogens with one attached hydrogen (secondary N) is 3. The van der Waals surface area contributed by atoms with Gasteiger partial charge in [0.2, 0.25) is 4.80 Å². The number of anilines is 1. The minimum absolute atomic E-state index is 0.00560. The minimum Gasteiger partial charge on any atom is -0.336 e. The molecule has 3 rings (SSSR count). The molecule has 3 aromatic rings. The molecule has 0 radical (unpaired) electrons. The molecule has 2 aromatic carbocycles. The van der Waals surface area contributed by atoms with Crippen molar-refractivity contribution in [2.24, 2.45) is 12.1 Å². The molecule has 8 heteroatoms. The average molecular weight is 383 g/mol. The van der Waals surface area contributed by atoms with E-state index in [0.717, 1.165) is 10.2 Å². The quantitative estimate of drug-likeness (QED) is 0.605. The highest BCUT2D eigenvalue weighted by Crippen LogP contribution is 2.16. The SMILES string of the molecule is CC(C)NC(=O)Nc1ccccc1C(=O)N/N=c1/sc2ccccc2n1C. The van der Waals surface area contributed by atoms with E-state index in [2.05, 4.69) is 21.2 Å². The van der Waals surface area contributed by atoms with Crippen molar-refractivity contribution in [3.8, 4) is 0 Å². The van der Waals surface area contributed by atoms with Gasteiger partial charge in [0.05, 0.1) is 21.5 Å². The first kappa shape index (κ1) is 18.7. The molecule has 3 amide bonds. The molecule has 0 saturated carbocycles. The summed E-state index contributed by atoms with van der Waals surface area (Å²) in [5.74, 6) is -0.395. The van der Waals surface area contributed by atoms with Crippen LogP contribution in [-0.2, 0) is 7.05 Å². The van der Waals surface area contributed by atoms with Crippen LogP contribution in [-0.4, -0.2) is 22.5 Å². The third-order valence-electron chi connectivity index (χ3n) is 3.81. The van der Waals surface area contributed by atoms with Crippen molar-refractivity contribution in [1.82, 2.24) is 15.3 Å². The Balaban J connectivity index is 1.82. The average Bonchev–Trinajstić information content (AvgIpc) is 2.96. The molecule has 140 valence electrons. The number of nitrogens with zero attached hydrogens (tertiary/aromatic N) is 2. The summed E-state index contributed by atoms with van der Waals surface area (Å²) >= 11 is 1.48. The lowest BCUT2D eigenvalue weighted by Crippen LogP contribution is -2.35. The summed E-state index contributed by atoms with van der Waals surface area (Å²) in [6, 6.07) is 14.4. The lowest BCUT2D eigenvalue weighted by molar-refractivity contribution is 0.0954. The lowest BCUT2D eigenvalue weighted by atomic mass is 10.1. The van der Waals surface area contributed by atoms with Gasteiger partial charge in [-0.1, -0.05) is 35.6 Å². The predicted octanol–water partition coefficient (Wildman–Crippen LogP) is 3.02. The van der Waals surface area contributed by atoms with E-state index in [9.17, 15) is 9.59 Å². The summed E-state index contributed by atoms with van der Waals surface area (Å²) in [5, 5.41) is 9.67. The van der Waals surface area contributed by atoms with Crippen molar-refractivity contribution >= 4 is 39.2 Å². The number of para-hydroxylation sites is 2. The third-order valence-corrected chi connectivity index (χ3v) is 4.92. The zero-order valence-corrected chi connectivity index (χ0v) is 16.1. The number of carbonyl (C=O) groups is 2. The van der Waals surface area contributed by atoms with Crippen LogP contribution in [0.15, 0.2) is 53.6 Å². The minimum atomic E-state index is -0.395. The van der Waals surface area contributed by atoms with Crippen molar-refractivity contribution in [2.45, 2.75) is 19.9 Å². The van der Waals surface area contributed by atoms with E-state index in [1.807, 2.05) is 49.7 Å². The molecule has 0 fully saturated rings. The molecule has 0 bridgehead atoms. The van der Waals surface area contributed by atoms with E-state index in [-0.39, 0.29) is 12.1 Å². The molecule has 0 aliphatic rings. The number of benzene rings is 2. The maximum atomic E-state index is 12.6. The van der Waals surface area contributed by atoms with Crippen molar-refractivity contribution in [2.75, 3.05) is 5.32 Å². The highest BCUT2D eigenvalue weighted by Gasteiger charge is 2.13. The number of rotatable bonds is 4. The number of fused-ring (bicyclic) bond motifs is 1. The largest absolute Gasteiger partial charge is 0.336 e. The molecule has 27 heavy (non-hydrogen) atoms. The summed E-state index contributed by atoms with van der Waals surface area (Å²) < 4.78 is 3.00. The van der Waals surface area contributed by atoms with Crippen molar-refractivity contribution in [3.05, 3.63) is 58.9 Å². The van der Waals surface area contributed by atoms with Gasteiger partial charge >= 0.3 is 6.03 Å². The van der Waals surface area contributed by atoms with Gasteiger partial charge in [-0.3, -0.25) is 4.79 Å². The van der Waals surface area contributed by atoms with Crippen LogP contribution in [0.3, 0.4) is 0 Å². The first-order valence-corrected chi connectivity index (χ1v) is 9.32. The predicted molar refractivity (Wildman–Crippen MR) is 108 cm³/mol. The molecule has 0 saturated heterocycles. The number of aryl methyl sites for hydroxylation is 1. The smallest absolute Gasteiger partial charge is 0.319 e. The second-order valence-electron chi connectivity index (χ2n) is 6.26. The molecular weight excluding hydrogens is 362 g/mol. The monoisotopic (exact) mass is 383 g/mol. The Morgan fingerprint density at radius 1 is 1.07 bits per heavy atom. The van der Waals surface area contributed by atoms with Crippen LogP contribution in [0.4, 0.5) is 10.5 Å². The van der Waals surface area contributed by atoms with E-state index in [0.29, 0.717) is 16.1 Å². The molecule has 0 atom stereocenters. The van der Waals surface area contributed by atoms with Gasteiger partial charge < -0.3 is 15.2 Å². The fourth-order valence-corrected chi connectivity index (χ4v) is 3.54. The van der Waals surface area contributed by atoms with Gasteiger partial charge in [-0.2, -0.15) is 0 Å². The Bertz CT molecular complexity index is 1050. The van der Waals surface area contributed by atoms with Gasteiger partial charge in [0, 0.05) is 13.1 Å². The van der Waals surface area contributed by atoms with E-state index >= 15 is 0 Å². The molecule has 0 spiro atoms. The molecule has 0 aliphatic heterocycles. The van der Waals surface area contributed by atoms with Crippen molar-refractivity contribution in [3.63, 3.8) is 0 Å². The third kappa shape index (κ3) is 4.35. The van der Waals surface area contributed by atoms with Gasteiger partial charge in [0.25, 0.3) is 5.91 Å². The Morgan fingerprint density at radius 3 is 2.52 bits per heavy atom. The summed E-state index contributed by atoms with van der Waals surface area (Å²) in [7, 11) is 1.90. The Hall–Kier alpha value is -3.13. The Kier molecular flexibility index (Phi) is 5.56. The molecule has 0 unspecified atom stereocenters. The number of thiazole rings is 1. The lowest BCUT2D eigenvalue weighted by Gasteiger charge is -2.12. The fraction of sp³-hybridized carbons (Fsp3) is 0.211. The maximum absolute atomic E-state index is 12.6. The molecule has 0 aliphatic carbocycles. The highest BCUT2D eigenvalue weighted by molar-refractivity contribution is 7.16. The van der Waals surface area contributed by atoms with Crippen LogP contribution in [0, 0.1) is 0 Å². The van der Waals surface area contributed by atoms with Crippen molar-refractivity contribution < 1.29 is 9.59 Å². The Labute approximate surface area is 160 Å². The van der Waals surface area contributed by atoms with Gasteiger partial charge in [-0.15, -0.1) is 5.10 Å². The molecule has 1 heterocycles. The zero-order chi connectivity index (χ0) is 19.4. The summed E-state index contributed by atoms with van der Waals surface area (Å²) in [4.78, 5) is 25.2. The molecular formula is C19H21N5O2S.